The van der Waals surface area contributed by atoms with E-state index in [1.54, 1.807) is 25.2 Å². The highest BCUT2D eigenvalue weighted by Crippen LogP contribution is 2.08. The van der Waals surface area contributed by atoms with Crippen LogP contribution in [0.2, 0.25) is 0 Å². The summed E-state index contributed by atoms with van der Waals surface area (Å²) in [6.45, 7) is -0.225. The Morgan fingerprint density at radius 2 is 1.94 bits per heavy atom. The minimum absolute atomic E-state index is 0.294. The van der Waals surface area contributed by atoms with Gasteiger partial charge in [-0.25, -0.2) is 21.9 Å². The van der Waals surface area contributed by atoms with E-state index in [0.717, 1.165) is 5.56 Å². The highest BCUT2D eigenvalue weighted by Gasteiger charge is 2.14. The molecule has 0 aromatic heterocycles. The lowest BCUT2D eigenvalue weighted by molar-refractivity contribution is 0.153. The van der Waals surface area contributed by atoms with Crippen LogP contribution in [0.3, 0.4) is 0 Å². The van der Waals surface area contributed by atoms with Crippen LogP contribution in [0.15, 0.2) is 24.3 Å². The molecule has 0 atom stereocenters. The first kappa shape index (κ1) is 15.0. The SMILES string of the molecule is CNCc1cccc(CS(=O)(=O)NCC(F)F)c1. The molecule has 0 saturated heterocycles. The van der Waals surface area contributed by atoms with E-state index in [2.05, 4.69) is 5.32 Å². The van der Waals surface area contributed by atoms with Gasteiger partial charge in [-0.3, -0.25) is 0 Å². The summed E-state index contributed by atoms with van der Waals surface area (Å²) in [5.41, 5.74) is 1.52. The molecule has 2 N–H and O–H groups in total. The van der Waals surface area contributed by atoms with Gasteiger partial charge in [0.25, 0.3) is 6.43 Å². The van der Waals surface area contributed by atoms with Crippen LogP contribution in [0.1, 0.15) is 11.1 Å². The predicted octanol–water partition coefficient (Wildman–Crippen LogP) is 1.09. The van der Waals surface area contributed by atoms with Gasteiger partial charge < -0.3 is 5.32 Å². The van der Waals surface area contributed by atoms with Gasteiger partial charge in [0.05, 0.1) is 12.3 Å². The van der Waals surface area contributed by atoms with Gasteiger partial charge in [-0.1, -0.05) is 24.3 Å². The van der Waals surface area contributed by atoms with Crippen LogP contribution in [0.5, 0.6) is 0 Å². The van der Waals surface area contributed by atoms with Crippen molar-refractivity contribution in [1.29, 1.82) is 0 Å². The van der Waals surface area contributed by atoms with Crippen molar-refractivity contribution in [3.05, 3.63) is 35.4 Å². The molecule has 0 radical (unpaired) electrons. The van der Waals surface area contributed by atoms with Gasteiger partial charge in [0.2, 0.25) is 10.0 Å². The topological polar surface area (TPSA) is 58.2 Å². The zero-order chi connectivity index (χ0) is 13.6. The fourth-order valence-electron chi connectivity index (χ4n) is 1.49. The second-order valence-electron chi connectivity index (χ2n) is 3.85. The molecular formula is C11H16F2N2O2S. The molecule has 18 heavy (non-hydrogen) atoms. The lowest BCUT2D eigenvalue weighted by Crippen LogP contribution is -2.29. The summed E-state index contributed by atoms with van der Waals surface area (Å²) in [6, 6.07) is 6.99. The van der Waals surface area contributed by atoms with E-state index in [-0.39, 0.29) is 5.75 Å². The Morgan fingerprint density at radius 3 is 2.56 bits per heavy atom. The molecule has 1 aromatic rings. The molecule has 1 aromatic carbocycles. The second kappa shape index (κ2) is 6.77. The number of halogens is 2. The molecule has 7 heteroatoms. The Bertz CT molecular complexity index is 478. The first-order valence-corrected chi connectivity index (χ1v) is 7.06. The summed E-state index contributed by atoms with van der Waals surface area (Å²) in [5.74, 6) is -0.294. The van der Waals surface area contributed by atoms with Crippen molar-refractivity contribution in [3.63, 3.8) is 0 Å². The van der Waals surface area contributed by atoms with Crippen molar-refractivity contribution >= 4 is 10.0 Å². The molecule has 1 rings (SSSR count). The lowest BCUT2D eigenvalue weighted by atomic mass is 10.1. The molecule has 0 saturated carbocycles. The van der Waals surface area contributed by atoms with Crippen molar-refractivity contribution in [2.75, 3.05) is 13.6 Å². The maximum absolute atomic E-state index is 11.9. The molecule has 0 heterocycles. The average Bonchev–Trinajstić information content (AvgIpc) is 2.27. The highest BCUT2D eigenvalue weighted by atomic mass is 32.2. The van der Waals surface area contributed by atoms with Gasteiger partial charge in [0, 0.05) is 6.54 Å². The van der Waals surface area contributed by atoms with E-state index < -0.39 is 23.0 Å². The van der Waals surface area contributed by atoms with Crippen LogP contribution in [0.25, 0.3) is 0 Å². The maximum Gasteiger partial charge on any atom is 0.251 e. The molecule has 0 amide bonds. The molecule has 0 aliphatic carbocycles. The highest BCUT2D eigenvalue weighted by molar-refractivity contribution is 7.88. The van der Waals surface area contributed by atoms with Crippen molar-refractivity contribution in [1.82, 2.24) is 10.0 Å². The van der Waals surface area contributed by atoms with E-state index in [9.17, 15) is 17.2 Å². The predicted molar refractivity (Wildman–Crippen MR) is 65.8 cm³/mol. The Kier molecular flexibility index (Phi) is 5.64. The first-order chi connectivity index (χ1) is 8.43. The lowest BCUT2D eigenvalue weighted by Gasteiger charge is -2.07. The monoisotopic (exact) mass is 278 g/mol. The van der Waals surface area contributed by atoms with Crippen molar-refractivity contribution < 1.29 is 17.2 Å². The number of benzene rings is 1. The third-order valence-electron chi connectivity index (χ3n) is 2.19. The summed E-state index contributed by atoms with van der Waals surface area (Å²) < 4.78 is 48.8. The number of rotatable bonds is 7. The molecule has 0 fully saturated rings. The third kappa shape index (κ3) is 5.52. The largest absolute Gasteiger partial charge is 0.316 e. The second-order valence-corrected chi connectivity index (χ2v) is 5.66. The van der Waals surface area contributed by atoms with Crippen molar-refractivity contribution in [3.8, 4) is 0 Å². The fraction of sp³-hybridized carbons (Fsp3) is 0.455. The van der Waals surface area contributed by atoms with E-state index in [0.29, 0.717) is 12.1 Å². The molecule has 0 aliphatic rings. The zero-order valence-corrected chi connectivity index (χ0v) is 10.8. The van der Waals surface area contributed by atoms with E-state index in [4.69, 9.17) is 0 Å². The minimum Gasteiger partial charge on any atom is -0.316 e. The minimum atomic E-state index is -3.71. The molecule has 0 aliphatic heterocycles. The van der Waals surface area contributed by atoms with Gasteiger partial charge in [-0.05, 0) is 18.2 Å². The number of alkyl halides is 2. The van der Waals surface area contributed by atoms with E-state index in [1.165, 1.54) is 0 Å². The fourth-order valence-corrected chi connectivity index (χ4v) is 2.59. The van der Waals surface area contributed by atoms with Crippen LogP contribution in [0.4, 0.5) is 8.78 Å². The first-order valence-electron chi connectivity index (χ1n) is 5.41. The molecule has 4 nitrogen and oxygen atoms in total. The van der Waals surface area contributed by atoms with Gasteiger partial charge in [0.15, 0.2) is 0 Å². The maximum atomic E-state index is 11.9. The summed E-state index contributed by atoms with van der Waals surface area (Å²) >= 11 is 0. The number of nitrogens with one attached hydrogen (secondary N) is 2. The number of sulfonamides is 1. The van der Waals surface area contributed by atoms with Crippen LogP contribution in [-0.2, 0) is 22.3 Å². The number of hydrogen-bond acceptors (Lipinski definition) is 3. The summed E-state index contributed by atoms with van der Waals surface area (Å²) in [6.07, 6.45) is -2.68. The molecule has 0 unspecified atom stereocenters. The number of hydrogen-bond donors (Lipinski definition) is 2. The van der Waals surface area contributed by atoms with Crippen molar-refractivity contribution in [2.24, 2.45) is 0 Å². The van der Waals surface area contributed by atoms with Crippen LogP contribution < -0.4 is 10.0 Å². The van der Waals surface area contributed by atoms with Crippen LogP contribution in [-0.4, -0.2) is 28.4 Å². The summed E-state index contributed by atoms with van der Waals surface area (Å²) in [4.78, 5) is 0. The van der Waals surface area contributed by atoms with Gasteiger partial charge >= 0.3 is 0 Å². The van der Waals surface area contributed by atoms with Gasteiger partial charge in [0.1, 0.15) is 0 Å². The summed E-state index contributed by atoms with van der Waals surface area (Å²) in [5, 5.41) is 2.95. The Balaban J connectivity index is 2.68. The Morgan fingerprint density at radius 1 is 1.28 bits per heavy atom. The smallest absolute Gasteiger partial charge is 0.251 e. The zero-order valence-electron chi connectivity index (χ0n) is 9.99. The standard InChI is InChI=1S/C11H16F2N2O2S/c1-14-6-9-3-2-4-10(5-9)8-18(16,17)15-7-11(12)13/h2-5,11,14-15H,6-8H2,1H3. The van der Waals surface area contributed by atoms with Gasteiger partial charge in [-0.15, -0.1) is 0 Å². The van der Waals surface area contributed by atoms with E-state index >= 15 is 0 Å². The van der Waals surface area contributed by atoms with Gasteiger partial charge in [-0.2, -0.15) is 0 Å². The quantitative estimate of drug-likeness (QED) is 0.785. The van der Waals surface area contributed by atoms with Crippen LogP contribution >= 0.6 is 0 Å². The Labute approximate surface area is 105 Å². The average molecular weight is 278 g/mol. The Hall–Kier alpha value is -1.05. The van der Waals surface area contributed by atoms with Crippen LogP contribution in [0, 0.1) is 0 Å². The molecule has 0 bridgehead atoms. The van der Waals surface area contributed by atoms with Crippen molar-refractivity contribution in [2.45, 2.75) is 18.7 Å². The third-order valence-corrected chi connectivity index (χ3v) is 3.51. The molecular weight excluding hydrogens is 262 g/mol. The summed E-state index contributed by atoms with van der Waals surface area (Å²) in [7, 11) is -1.93. The normalized spacial score (nSPS) is 12.0. The molecule has 102 valence electrons. The van der Waals surface area contributed by atoms with E-state index in [1.807, 2.05) is 10.8 Å². The molecule has 0 spiro atoms.